The van der Waals surface area contributed by atoms with Crippen LogP contribution in [0.4, 0.5) is 4.79 Å². The standard InChI is InChI=1S/C17H23N3O2/c1-6-11-20(12-7-2,13-8-3)14-9-10-19-15(21)17(4,5)18-16(19)22/h1-2,8H,3,9-14H2,4-5H3/p+1. The lowest BCUT2D eigenvalue weighted by atomic mass is 10.1. The van der Waals surface area contributed by atoms with Gasteiger partial charge in [-0.05, 0) is 31.8 Å². The molecule has 1 N–H and O–H groups in total. The second-order valence-corrected chi connectivity index (χ2v) is 6.13. The van der Waals surface area contributed by atoms with Crippen molar-refractivity contribution in [3.63, 3.8) is 0 Å². The fraction of sp³-hybridized carbons (Fsp3) is 0.529. The van der Waals surface area contributed by atoms with Crippen LogP contribution in [0, 0.1) is 24.7 Å². The predicted molar refractivity (Wildman–Crippen MR) is 86.5 cm³/mol. The first kappa shape index (κ1) is 17.8. The molecular formula is C17H24N3O2+. The summed E-state index contributed by atoms with van der Waals surface area (Å²) in [6.07, 6.45) is 13.3. The highest BCUT2D eigenvalue weighted by Gasteiger charge is 2.44. The fourth-order valence-electron chi connectivity index (χ4n) is 2.68. The van der Waals surface area contributed by atoms with Gasteiger partial charge in [0.05, 0.1) is 13.1 Å². The monoisotopic (exact) mass is 302 g/mol. The number of amides is 3. The van der Waals surface area contributed by atoms with E-state index < -0.39 is 5.54 Å². The van der Waals surface area contributed by atoms with E-state index in [-0.39, 0.29) is 11.9 Å². The van der Waals surface area contributed by atoms with Gasteiger partial charge in [0, 0.05) is 13.0 Å². The maximum atomic E-state index is 12.1. The van der Waals surface area contributed by atoms with Crippen LogP contribution in [0.3, 0.4) is 0 Å². The highest BCUT2D eigenvalue weighted by molar-refractivity contribution is 6.06. The van der Waals surface area contributed by atoms with Crippen molar-refractivity contribution in [1.29, 1.82) is 0 Å². The van der Waals surface area contributed by atoms with Crippen LogP contribution < -0.4 is 5.32 Å². The van der Waals surface area contributed by atoms with Crippen LogP contribution in [0.1, 0.15) is 20.3 Å². The Hall–Kier alpha value is -2.24. The number of urea groups is 1. The highest BCUT2D eigenvalue weighted by atomic mass is 16.2. The van der Waals surface area contributed by atoms with Crippen molar-refractivity contribution in [3.8, 4) is 24.7 Å². The molecule has 0 bridgehead atoms. The van der Waals surface area contributed by atoms with Crippen molar-refractivity contribution in [2.24, 2.45) is 0 Å². The lowest BCUT2D eigenvalue weighted by molar-refractivity contribution is -0.909. The van der Waals surface area contributed by atoms with Crippen molar-refractivity contribution in [1.82, 2.24) is 10.2 Å². The topological polar surface area (TPSA) is 49.4 Å². The molecule has 1 saturated heterocycles. The highest BCUT2D eigenvalue weighted by Crippen LogP contribution is 2.17. The Bertz CT molecular complexity index is 521. The van der Waals surface area contributed by atoms with Gasteiger partial charge >= 0.3 is 6.03 Å². The minimum Gasteiger partial charge on any atom is -0.324 e. The second kappa shape index (κ2) is 7.15. The van der Waals surface area contributed by atoms with E-state index in [2.05, 4.69) is 23.7 Å². The van der Waals surface area contributed by atoms with E-state index in [0.717, 1.165) is 0 Å². The van der Waals surface area contributed by atoms with Crippen molar-refractivity contribution >= 4 is 11.9 Å². The maximum absolute atomic E-state index is 12.1. The summed E-state index contributed by atoms with van der Waals surface area (Å²) >= 11 is 0. The average Bonchev–Trinajstić information content (AvgIpc) is 2.61. The quantitative estimate of drug-likeness (QED) is 0.314. The van der Waals surface area contributed by atoms with Gasteiger partial charge in [0.15, 0.2) is 0 Å². The summed E-state index contributed by atoms with van der Waals surface area (Å²) in [5, 5.41) is 2.67. The third kappa shape index (κ3) is 3.90. The Kier molecular flexibility index (Phi) is 5.79. The summed E-state index contributed by atoms with van der Waals surface area (Å²) in [6, 6.07) is -0.342. The van der Waals surface area contributed by atoms with Gasteiger partial charge in [0.2, 0.25) is 0 Å². The molecule has 0 radical (unpaired) electrons. The smallest absolute Gasteiger partial charge is 0.324 e. The van der Waals surface area contributed by atoms with Gasteiger partial charge < -0.3 is 9.80 Å². The summed E-state index contributed by atoms with van der Waals surface area (Å²) < 4.78 is 0.531. The molecule has 1 aliphatic heterocycles. The van der Waals surface area contributed by atoms with Gasteiger partial charge in [0.1, 0.15) is 18.6 Å². The zero-order chi connectivity index (χ0) is 16.8. The van der Waals surface area contributed by atoms with E-state index in [9.17, 15) is 9.59 Å². The molecule has 0 saturated carbocycles. The van der Waals surface area contributed by atoms with E-state index in [0.29, 0.717) is 43.6 Å². The minimum absolute atomic E-state index is 0.201. The number of rotatable bonds is 8. The number of carbonyl (C=O) groups is 2. The Morgan fingerprint density at radius 1 is 1.32 bits per heavy atom. The van der Waals surface area contributed by atoms with Crippen LogP contribution >= 0.6 is 0 Å². The zero-order valence-corrected chi connectivity index (χ0v) is 13.4. The Labute approximate surface area is 132 Å². The normalized spacial score (nSPS) is 16.8. The van der Waals surface area contributed by atoms with Gasteiger partial charge in [-0.3, -0.25) is 9.69 Å². The van der Waals surface area contributed by atoms with Crippen LogP contribution in [-0.2, 0) is 4.79 Å². The lowest BCUT2D eigenvalue weighted by Crippen LogP contribution is -2.50. The Balaban J connectivity index is 2.69. The molecule has 0 aromatic rings. The van der Waals surface area contributed by atoms with Crippen molar-refractivity contribution in [3.05, 3.63) is 12.7 Å². The third-order valence-corrected chi connectivity index (χ3v) is 3.83. The van der Waals surface area contributed by atoms with Crippen LogP contribution in [0.5, 0.6) is 0 Å². The first-order chi connectivity index (χ1) is 10.3. The molecule has 1 aliphatic rings. The third-order valence-electron chi connectivity index (χ3n) is 3.83. The van der Waals surface area contributed by atoms with Crippen LogP contribution in [0.15, 0.2) is 12.7 Å². The predicted octanol–water partition coefficient (Wildman–Crippen LogP) is 0.976. The van der Waals surface area contributed by atoms with Gasteiger partial charge in [-0.25, -0.2) is 4.79 Å². The molecule has 0 aromatic carbocycles. The number of carbonyl (C=O) groups excluding carboxylic acids is 2. The minimum atomic E-state index is -0.832. The molecule has 1 fully saturated rings. The molecule has 1 heterocycles. The molecule has 0 aromatic heterocycles. The van der Waals surface area contributed by atoms with Crippen LogP contribution in [-0.4, -0.2) is 59.6 Å². The summed E-state index contributed by atoms with van der Waals surface area (Å²) in [5.74, 6) is 5.11. The molecule has 0 atom stereocenters. The molecule has 5 nitrogen and oxygen atoms in total. The number of nitrogens with zero attached hydrogens (tertiary/aromatic N) is 2. The molecule has 1 rings (SSSR count). The fourth-order valence-corrected chi connectivity index (χ4v) is 2.68. The first-order valence-corrected chi connectivity index (χ1v) is 7.29. The average molecular weight is 302 g/mol. The zero-order valence-electron chi connectivity index (χ0n) is 13.4. The summed E-state index contributed by atoms with van der Waals surface area (Å²) in [7, 11) is 0. The molecule has 3 amide bonds. The van der Waals surface area contributed by atoms with Gasteiger partial charge in [-0.15, -0.1) is 12.8 Å². The van der Waals surface area contributed by atoms with E-state index >= 15 is 0 Å². The van der Waals surface area contributed by atoms with Crippen LogP contribution in [0.25, 0.3) is 0 Å². The largest absolute Gasteiger partial charge is 0.325 e. The van der Waals surface area contributed by atoms with Gasteiger partial charge in [0.25, 0.3) is 5.91 Å². The summed E-state index contributed by atoms with van der Waals surface area (Å²) in [5.41, 5.74) is -0.832. The lowest BCUT2D eigenvalue weighted by Gasteiger charge is -2.34. The Morgan fingerprint density at radius 2 is 1.91 bits per heavy atom. The molecule has 0 unspecified atom stereocenters. The summed E-state index contributed by atoms with van der Waals surface area (Å²) in [6.45, 7) is 9.87. The number of terminal acetylenes is 2. The van der Waals surface area contributed by atoms with Gasteiger partial charge in [-0.2, -0.15) is 0 Å². The SMILES string of the molecule is C#CC[N+](CC#C)(CC=C)CCCN1C(=O)NC(C)(C)C1=O. The molecule has 22 heavy (non-hydrogen) atoms. The number of hydrogen-bond acceptors (Lipinski definition) is 2. The van der Waals surface area contributed by atoms with E-state index in [4.69, 9.17) is 12.8 Å². The molecule has 118 valence electrons. The number of quaternary nitrogens is 1. The van der Waals surface area contributed by atoms with E-state index in [1.807, 2.05) is 0 Å². The van der Waals surface area contributed by atoms with E-state index in [1.165, 1.54) is 4.90 Å². The number of hydrogen-bond donors (Lipinski definition) is 1. The molecular weight excluding hydrogens is 278 g/mol. The number of nitrogens with one attached hydrogen (secondary N) is 1. The van der Waals surface area contributed by atoms with Crippen molar-refractivity contribution < 1.29 is 14.1 Å². The number of imide groups is 1. The molecule has 5 heteroatoms. The van der Waals surface area contributed by atoms with Crippen LogP contribution in [0.2, 0.25) is 0 Å². The van der Waals surface area contributed by atoms with Crippen molar-refractivity contribution in [2.45, 2.75) is 25.8 Å². The molecule has 0 aliphatic carbocycles. The summed E-state index contributed by atoms with van der Waals surface area (Å²) in [4.78, 5) is 25.2. The first-order valence-electron chi connectivity index (χ1n) is 7.29. The van der Waals surface area contributed by atoms with Crippen molar-refractivity contribution in [2.75, 3.05) is 32.7 Å². The van der Waals surface area contributed by atoms with Gasteiger partial charge in [-0.1, -0.05) is 6.58 Å². The molecule has 0 spiro atoms. The second-order valence-electron chi connectivity index (χ2n) is 6.13. The Morgan fingerprint density at radius 3 is 2.32 bits per heavy atom. The maximum Gasteiger partial charge on any atom is 0.325 e. The van der Waals surface area contributed by atoms with E-state index in [1.54, 1.807) is 19.9 Å².